The van der Waals surface area contributed by atoms with Crippen molar-refractivity contribution >= 4 is 10.0 Å². The molecule has 0 fully saturated rings. The minimum Gasteiger partial charge on any atom is -0.332 e. The van der Waals surface area contributed by atoms with E-state index in [1.165, 1.54) is 10.5 Å². The summed E-state index contributed by atoms with van der Waals surface area (Å²) in [6.07, 6.45) is 3.51. The van der Waals surface area contributed by atoms with Gasteiger partial charge in [0, 0.05) is 19.5 Å². The van der Waals surface area contributed by atoms with Gasteiger partial charge >= 0.3 is 0 Å². The Hall–Kier alpha value is -0.920. The van der Waals surface area contributed by atoms with Crippen LogP contribution in [0.1, 0.15) is 32.5 Å². The highest BCUT2D eigenvalue weighted by Crippen LogP contribution is 2.14. The van der Waals surface area contributed by atoms with Gasteiger partial charge in [-0.15, -0.1) is 0 Å². The topological polar surface area (TPSA) is 92.1 Å². The molecule has 0 spiro atoms. The molecule has 18 heavy (non-hydrogen) atoms. The van der Waals surface area contributed by atoms with Crippen molar-refractivity contribution in [3.63, 3.8) is 0 Å². The molecule has 7 heteroatoms. The second-order valence-corrected chi connectivity index (χ2v) is 6.00. The molecule has 104 valence electrons. The number of hydrogen-bond donors (Lipinski definition) is 2. The summed E-state index contributed by atoms with van der Waals surface area (Å²) in [7, 11) is -3.46. The van der Waals surface area contributed by atoms with E-state index < -0.39 is 10.0 Å². The summed E-state index contributed by atoms with van der Waals surface area (Å²) < 4.78 is 26.2. The second-order valence-electron chi connectivity index (χ2n) is 4.09. The summed E-state index contributed by atoms with van der Waals surface area (Å²) in [6.45, 7) is 5.32. The molecule has 0 aliphatic heterocycles. The van der Waals surface area contributed by atoms with Gasteiger partial charge in [-0.05, 0) is 19.4 Å². The van der Waals surface area contributed by atoms with E-state index >= 15 is 0 Å². The first-order valence-corrected chi connectivity index (χ1v) is 7.74. The third kappa shape index (κ3) is 3.54. The van der Waals surface area contributed by atoms with E-state index in [4.69, 9.17) is 5.73 Å². The van der Waals surface area contributed by atoms with E-state index in [0.29, 0.717) is 38.3 Å². The maximum atomic E-state index is 12.4. The SMILES string of the molecule is CCCN(CCCN)S(=O)(=O)c1cnc(CC)[nH]1. The molecule has 3 N–H and O–H groups in total. The quantitative estimate of drug-likeness (QED) is 0.730. The van der Waals surface area contributed by atoms with Crippen molar-refractivity contribution in [2.45, 2.75) is 38.1 Å². The summed E-state index contributed by atoms with van der Waals surface area (Å²) in [4.78, 5) is 6.88. The lowest BCUT2D eigenvalue weighted by Crippen LogP contribution is -2.34. The molecule has 1 aromatic heterocycles. The van der Waals surface area contributed by atoms with Crippen LogP contribution in [0.3, 0.4) is 0 Å². The van der Waals surface area contributed by atoms with Crippen LogP contribution in [-0.2, 0) is 16.4 Å². The average Bonchev–Trinajstić information content (AvgIpc) is 2.83. The van der Waals surface area contributed by atoms with Crippen molar-refractivity contribution in [3.8, 4) is 0 Å². The predicted octanol–water partition coefficient (Wildman–Crippen LogP) is 0.722. The number of nitrogens with one attached hydrogen (secondary N) is 1. The molecule has 1 aromatic rings. The Balaban J connectivity index is 2.92. The van der Waals surface area contributed by atoms with Gasteiger partial charge in [-0.2, -0.15) is 4.31 Å². The summed E-state index contributed by atoms with van der Waals surface area (Å²) >= 11 is 0. The largest absolute Gasteiger partial charge is 0.332 e. The van der Waals surface area contributed by atoms with Crippen molar-refractivity contribution in [2.24, 2.45) is 5.73 Å². The van der Waals surface area contributed by atoms with Gasteiger partial charge < -0.3 is 10.7 Å². The van der Waals surface area contributed by atoms with Gasteiger partial charge in [0.1, 0.15) is 5.82 Å². The van der Waals surface area contributed by atoms with Crippen LogP contribution in [0.15, 0.2) is 11.2 Å². The Kier molecular flexibility index (Phi) is 5.77. The summed E-state index contributed by atoms with van der Waals surface area (Å²) in [5, 5.41) is 0.171. The van der Waals surface area contributed by atoms with E-state index in [0.717, 1.165) is 6.42 Å². The predicted molar refractivity (Wildman–Crippen MR) is 70.7 cm³/mol. The third-order valence-corrected chi connectivity index (χ3v) is 4.45. The lowest BCUT2D eigenvalue weighted by Gasteiger charge is -2.20. The van der Waals surface area contributed by atoms with E-state index in [1.54, 1.807) is 0 Å². The Labute approximate surface area is 109 Å². The van der Waals surface area contributed by atoms with Gasteiger partial charge in [0.2, 0.25) is 0 Å². The fourth-order valence-electron chi connectivity index (χ4n) is 1.66. The Morgan fingerprint density at radius 2 is 2.11 bits per heavy atom. The number of aryl methyl sites for hydroxylation is 1. The highest BCUT2D eigenvalue weighted by molar-refractivity contribution is 7.89. The van der Waals surface area contributed by atoms with Crippen LogP contribution in [0.5, 0.6) is 0 Å². The molecule has 0 amide bonds. The molecule has 0 unspecified atom stereocenters. The van der Waals surface area contributed by atoms with E-state index in [-0.39, 0.29) is 5.03 Å². The molecule has 1 heterocycles. The van der Waals surface area contributed by atoms with Crippen molar-refractivity contribution in [1.82, 2.24) is 14.3 Å². The molecule has 0 bridgehead atoms. The molecular weight excluding hydrogens is 252 g/mol. The Morgan fingerprint density at radius 3 is 2.61 bits per heavy atom. The average molecular weight is 274 g/mol. The number of nitrogens with two attached hydrogens (primary N) is 1. The molecule has 0 radical (unpaired) electrons. The maximum Gasteiger partial charge on any atom is 0.260 e. The molecule has 0 aliphatic carbocycles. The number of aromatic amines is 1. The molecule has 0 aliphatic rings. The van der Waals surface area contributed by atoms with Gasteiger partial charge in [0.05, 0.1) is 6.20 Å². The zero-order chi connectivity index (χ0) is 13.6. The minimum atomic E-state index is -3.46. The van der Waals surface area contributed by atoms with E-state index in [9.17, 15) is 8.42 Å². The van der Waals surface area contributed by atoms with E-state index in [2.05, 4.69) is 9.97 Å². The molecular formula is C11H22N4O2S. The molecule has 0 saturated carbocycles. The normalized spacial score (nSPS) is 12.2. The van der Waals surface area contributed by atoms with Crippen LogP contribution in [0.4, 0.5) is 0 Å². The highest BCUT2D eigenvalue weighted by atomic mass is 32.2. The number of rotatable bonds is 8. The fourth-order valence-corrected chi connectivity index (χ4v) is 3.17. The van der Waals surface area contributed by atoms with Gasteiger partial charge in [-0.3, -0.25) is 0 Å². The highest BCUT2D eigenvalue weighted by Gasteiger charge is 2.25. The fraction of sp³-hybridized carbons (Fsp3) is 0.727. The minimum absolute atomic E-state index is 0.171. The number of sulfonamides is 1. The molecule has 1 rings (SSSR count). The Bertz CT molecular complexity index is 455. The van der Waals surface area contributed by atoms with Crippen molar-refractivity contribution in [3.05, 3.63) is 12.0 Å². The maximum absolute atomic E-state index is 12.4. The zero-order valence-corrected chi connectivity index (χ0v) is 11.8. The van der Waals surface area contributed by atoms with Crippen molar-refractivity contribution in [2.75, 3.05) is 19.6 Å². The van der Waals surface area contributed by atoms with Crippen molar-refractivity contribution in [1.29, 1.82) is 0 Å². The first kappa shape index (κ1) is 15.1. The number of aromatic nitrogens is 2. The van der Waals surface area contributed by atoms with Crippen LogP contribution >= 0.6 is 0 Å². The van der Waals surface area contributed by atoms with Crippen LogP contribution in [-0.4, -0.2) is 42.3 Å². The molecule has 0 aromatic carbocycles. The summed E-state index contributed by atoms with van der Waals surface area (Å²) in [5.41, 5.74) is 5.44. The molecule has 6 nitrogen and oxygen atoms in total. The van der Waals surface area contributed by atoms with Gasteiger partial charge in [-0.1, -0.05) is 13.8 Å². The number of imidazole rings is 1. The van der Waals surface area contributed by atoms with Crippen LogP contribution in [0.2, 0.25) is 0 Å². The zero-order valence-electron chi connectivity index (χ0n) is 11.0. The van der Waals surface area contributed by atoms with Crippen LogP contribution in [0, 0.1) is 0 Å². The third-order valence-electron chi connectivity index (χ3n) is 2.64. The lowest BCUT2D eigenvalue weighted by molar-refractivity contribution is 0.404. The first-order valence-electron chi connectivity index (χ1n) is 6.30. The Morgan fingerprint density at radius 1 is 1.39 bits per heavy atom. The lowest BCUT2D eigenvalue weighted by atomic mass is 10.4. The van der Waals surface area contributed by atoms with Crippen molar-refractivity contribution < 1.29 is 8.42 Å². The number of H-pyrrole nitrogens is 1. The summed E-state index contributed by atoms with van der Waals surface area (Å²) in [5.74, 6) is 0.684. The number of nitrogens with zero attached hydrogens (tertiary/aromatic N) is 2. The van der Waals surface area contributed by atoms with E-state index in [1.807, 2.05) is 13.8 Å². The summed E-state index contributed by atoms with van der Waals surface area (Å²) in [6, 6.07) is 0. The van der Waals surface area contributed by atoms with Gasteiger partial charge in [0.15, 0.2) is 5.03 Å². The molecule has 0 atom stereocenters. The second kappa shape index (κ2) is 6.86. The standard InChI is InChI=1S/C11H22N4O2S/c1-3-7-15(8-5-6-12)18(16,17)11-9-13-10(4-2)14-11/h9H,3-8,12H2,1-2H3,(H,13,14). The van der Waals surface area contributed by atoms with Gasteiger partial charge in [0.25, 0.3) is 10.0 Å². The smallest absolute Gasteiger partial charge is 0.260 e. The molecule has 0 saturated heterocycles. The monoisotopic (exact) mass is 274 g/mol. The van der Waals surface area contributed by atoms with Crippen LogP contribution in [0.25, 0.3) is 0 Å². The number of hydrogen-bond acceptors (Lipinski definition) is 4. The first-order chi connectivity index (χ1) is 8.56. The van der Waals surface area contributed by atoms with Gasteiger partial charge in [-0.25, -0.2) is 13.4 Å². The van der Waals surface area contributed by atoms with Crippen LogP contribution < -0.4 is 5.73 Å².